The third-order valence-electron chi connectivity index (χ3n) is 3.82. The Morgan fingerprint density at radius 1 is 1.32 bits per heavy atom. The fourth-order valence-electron chi connectivity index (χ4n) is 2.69. The lowest BCUT2D eigenvalue weighted by molar-refractivity contribution is -0.135. The Bertz CT molecular complexity index is 768. The Hall–Kier alpha value is -2.34. The molecule has 0 saturated carbocycles. The van der Waals surface area contributed by atoms with Gasteiger partial charge in [0.05, 0.1) is 17.9 Å². The zero-order chi connectivity index (χ0) is 17.8. The summed E-state index contributed by atoms with van der Waals surface area (Å²) in [5.74, 6) is 0.229. The van der Waals surface area contributed by atoms with Crippen LogP contribution in [0.15, 0.2) is 42.4 Å². The summed E-state index contributed by atoms with van der Waals surface area (Å²) in [6, 6.07) is 5.70. The van der Waals surface area contributed by atoms with Gasteiger partial charge in [-0.3, -0.25) is 4.68 Å². The Kier molecular flexibility index (Phi) is 5.38. The van der Waals surface area contributed by atoms with Crippen LogP contribution < -0.4 is 0 Å². The molecule has 3 rings (SSSR count). The number of aromatic nitrogens is 3. The number of cyclic esters (lactones) is 1. The third-order valence-corrected chi connectivity index (χ3v) is 4.04. The Balaban J connectivity index is 1.76. The average Bonchev–Trinajstić information content (AvgIpc) is 3.17. The molecule has 1 aliphatic heterocycles. The van der Waals surface area contributed by atoms with E-state index in [2.05, 4.69) is 28.8 Å². The van der Waals surface area contributed by atoms with Gasteiger partial charge in [-0.25, -0.2) is 9.78 Å². The number of pyridine rings is 1. The van der Waals surface area contributed by atoms with Gasteiger partial charge in [0.2, 0.25) is 0 Å². The number of carbonyl (C=O) groups is 1. The van der Waals surface area contributed by atoms with E-state index in [0.29, 0.717) is 24.2 Å². The highest BCUT2D eigenvalue weighted by molar-refractivity contribution is 6.29. The molecule has 7 heteroatoms. The molecule has 2 aromatic rings. The molecular weight excluding hydrogens is 340 g/mol. The second-order valence-corrected chi connectivity index (χ2v) is 6.90. The van der Waals surface area contributed by atoms with E-state index < -0.39 is 0 Å². The molecule has 0 unspecified atom stereocenters. The first-order valence-electron chi connectivity index (χ1n) is 8.24. The van der Waals surface area contributed by atoms with Crippen LogP contribution in [0.2, 0.25) is 5.15 Å². The summed E-state index contributed by atoms with van der Waals surface area (Å²) >= 11 is 5.85. The number of rotatable bonds is 7. The minimum atomic E-state index is -0.306. The van der Waals surface area contributed by atoms with Crippen LogP contribution in [0, 0.1) is 5.92 Å². The highest BCUT2D eigenvalue weighted by Gasteiger charge is 2.20. The van der Waals surface area contributed by atoms with Crippen LogP contribution in [0.3, 0.4) is 0 Å². The highest BCUT2D eigenvalue weighted by Crippen LogP contribution is 2.19. The molecule has 25 heavy (non-hydrogen) atoms. The topological polar surface area (TPSA) is 60.2 Å². The van der Waals surface area contributed by atoms with Gasteiger partial charge in [0, 0.05) is 31.6 Å². The van der Waals surface area contributed by atoms with Gasteiger partial charge < -0.3 is 9.64 Å². The van der Waals surface area contributed by atoms with Crippen molar-refractivity contribution in [1.29, 1.82) is 0 Å². The van der Waals surface area contributed by atoms with Crippen LogP contribution in [0.5, 0.6) is 0 Å². The average molecular weight is 361 g/mol. The standard InChI is InChI=1S/C18H21ClN4O2/c1-13(2)9-23-6-5-15(21-23)11-22(16-7-18(24)25-12-16)10-14-3-4-17(19)20-8-14/h3-8,13H,9-12H2,1-2H3. The Morgan fingerprint density at radius 3 is 2.80 bits per heavy atom. The second-order valence-electron chi connectivity index (χ2n) is 6.51. The summed E-state index contributed by atoms with van der Waals surface area (Å²) in [7, 11) is 0. The molecule has 0 amide bonds. The van der Waals surface area contributed by atoms with E-state index in [4.69, 9.17) is 16.3 Å². The highest BCUT2D eigenvalue weighted by atomic mass is 35.5. The van der Waals surface area contributed by atoms with Crippen molar-refractivity contribution < 1.29 is 9.53 Å². The summed E-state index contributed by atoms with van der Waals surface area (Å²) in [6.07, 6.45) is 5.27. The molecule has 0 fully saturated rings. The van der Waals surface area contributed by atoms with Crippen molar-refractivity contribution in [1.82, 2.24) is 19.7 Å². The number of hydrogen-bond donors (Lipinski definition) is 0. The second kappa shape index (κ2) is 7.70. The molecule has 0 N–H and O–H groups in total. The first-order chi connectivity index (χ1) is 12.0. The summed E-state index contributed by atoms with van der Waals surface area (Å²) in [5, 5.41) is 5.08. The van der Waals surface area contributed by atoms with Crippen LogP contribution in [0.1, 0.15) is 25.1 Å². The van der Waals surface area contributed by atoms with Crippen LogP contribution >= 0.6 is 11.6 Å². The predicted molar refractivity (Wildman–Crippen MR) is 94.6 cm³/mol. The third kappa shape index (κ3) is 4.82. The SMILES string of the molecule is CC(C)Cn1ccc(CN(Cc2ccc(Cl)nc2)C2=CC(=O)OC2)n1. The van der Waals surface area contributed by atoms with Gasteiger partial charge in [-0.15, -0.1) is 0 Å². The molecule has 0 aliphatic carbocycles. The molecule has 2 aromatic heterocycles. The molecule has 3 heterocycles. The predicted octanol–water partition coefficient (Wildman–Crippen LogP) is 3.03. The minimum Gasteiger partial charge on any atom is -0.456 e. The number of carbonyl (C=O) groups excluding carboxylic acids is 1. The zero-order valence-electron chi connectivity index (χ0n) is 14.4. The van der Waals surface area contributed by atoms with Crippen molar-refractivity contribution in [3.8, 4) is 0 Å². The summed E-state index contributed by atoms with van der Waals surface area (Å²) in [6.45, 7) is 6.68. The van der Waals surface area contributed by atoms with E-state index in [0.717, 1.165) is 23.5 Å². The van der Waals surface area contributed by atoms with Gasteiger partial charge in [-0.2, -0.15) is 5.10 Å². The summed E-state index contributed by atoms with van der Waals surface area (Å²) in [4.78, 5) is 17.7. The molecule has 0 spiro atoms. The van der Waals surface area contributed by atoms with Gasteiger partial charge in [-0.1, -0.05) is 31.5 Å². The molecule has 0 radical (unpaired) electrons. The molecule has 0 atom stereocenters. The lowest BCUT2D eigenvalue weighted by Crippen LogP contribution is -2.23. The number of halogens is 1. The normalized spacial score (nSPS) is 13.9. The van der Waals surface area contributed by atoms with Crippen molar-refractivity contribution in [2.75, 3.05) is 6.61 Å². The number of esters is 1. The molecule has 0 saturated heterocycles. The molecule has 132 valence electrons. The lowest BCUT2D eigenvalue weighted by Gasteiger charge is -2.24. The van der Waals surface area contributed by atoms with Crippen LogP contribution in [-0.2, 0) is 29.2 Å². The van der Waals surface area contributed by atoms with E-state index in [-0.39, 0.29) is 12.6 Å². The van der Waals surface area contributed by atoms with Gasteiger partial charge in [-0.05, 0) is 23.6 Å². The van der Waals surface area contributed by atoms with Crippen LogP contribution in [0.4, 0.5) is 0 Å². The molecular formula is C18H21ClN4O2. The molecule has 0 aromatic carbocycles. The van der Waals surface area contributed by atoms with Gasteiger partial charge in [0.1, 0.15) is 11.8 Å². The van der Waals surface area contributed by atoms with Crippen molar-refractivity contribution in [3.63, 3.8) is 0 Å². The maximum absolute atomic E-state index is 11.5. The smallest absolute Gasteiger partial charge is 0.333 e. The summed E-state index contributed by atoms with van der Waals surface area (Å²) in [5.41, 5.74) is 2.80. The minimum absolute atomic E-state index is 0.284. The first kappa shape index (κ1) is 17.5. The van der Waals surface area contributed by atoms with Crippen molar-refractivity contribution >= 4 is 17.6 Å². The van der Waals surface area contributed by atoms with E-state index in [1.807, 2.05) is 23.0 Å². The van der Waals surface area contributed by atoms with E-state index >= 15 is 0 Å². The number of hydrogen-bond acceptors (Lipinski definition) is 5. The maximum Gasteiger partial charge on any atom is 0.333 e. The van der Waals surface area contributed by atoms with Crippen LogP contribution in [-0.4, -0.2) is 32.2 Å². The largest absolute Gasteiger partial charge is 0.456 e. The summed E-state index contributed by atoms with van der Waals surface area (Å²) < 4.78 is 7.01. The van der Waals surface area contributed by atoms with Crippen molar-refractivity contribution in [2.45, 2.75) is 33.5 Å². The maximum atomic E-state index is 11.5. The van der Waals surface area contributed by atoms with Crippen molar-refractivity contribution in [3.05, 3.63) is 58.8 Å². The van der Waals surface area contributed by atoms with E-state index in [1.165, 1.54) is 6.08 Å². The first-order valence-corrected chi connectivity index (χ1v) is 8.62. The lowest BCUT2D eigenvalue weighted by atomic mass is 10.2. The zero-order valence-corrected chi connectivity index (χ0v) is 15.1. The number of nitrogens with zero attached hydrogens (tertiary/aromatic N) is 4. The molecule has 0 bridgehead atoms. The molecule has 1 aliphatic rings. The quantitative estimate of drug-likeness (QED) is 0.561. The van der Waals surface area contributed by atoms with Gasteiger partial charge >= 0.3 is 5.97 Å². The Labute approximate surface area is 152 Å². The fourth-order valence-corrected chi connectivity index (χ4v) is 2.80. The van der Waals surface area contributed by atoms with Crippen molar-refractivity contribution in [2.24, 2.45) is 5.92 Å². The van der Waals surface area contributed by atoms with Gasteiger partial charge in [0.25, 0.3) is 0 Å². The number of ether oxygens (including phenoxy) is 1. The fraction of sp³-hybridized carbons (Fsp3) is 0.389. The van der Waals surface area contributed by atoms with Gasteiger partial charge in [0.15, 0.2) is 0 Å². The monoisotopic (exact) mass is 360 g/mol. The van der Waals surface area contributed by atoms with E-state index in [9.17, 15) is 4.79 Å². The van der Waals surface area contributed by atoms with Crippen LogP contribution in [0.25, 0.3) is 0 Å². The van der Waals surface area contributed by atoms with E-state index in [1.54, 1.807) is 12.3 Å². The molecule has 6 nitrogen and oxygen atoms in total. The Morgan fingerprint density at radius 2 is 2.16 bits per heavy atom.